The van der Waals surface area contributed by atoms with E-state index in [1.54, 1.807) is 18.3 Å². The van der Waals surface area contributed by atoms with Gasteiger partial charge in [0.1, 0.15) is 4.60 Å². The summed E-state index contributed by atoms with van der Waals surface area (Å²) in [5, 5.41) is 3.45. The molecule has 0 aliphatic rings. The quantitative estimate of drug-likeness (QED) is 0.691. The van der Waals surface area contributed by atoms with E-state index >= 15 is 0 Å². The van der Waals surface area contributed by atoms with Crippen LogP contribution in [0.25, 0.3) is 10.2 Å². The van der Waals surface area contributed by atoms with Crippen molar-refractivity contribution in [2.24, 2.45) is 0 Å². The number of nitrogens with one attached hydrogen (secondary N) is 1. The lowest BCUT2D eigenvalue weighted by atomic mass is 10.1. The van der Waals surface area contributed by atoms with E-state index in [0.717, 1.165) is 15.8 Å². The zero-order valence-corrected chi connectivity index (χ0v) is 13.9. The number of carbonyl (C=O) groups is 1. The Hall–Kier alpha value is -1.79. The number of hydrogen-bond acceptors (Lipinski definition) is 4. The van der Waals surface area contributed by atoms with Gasteiger partial charge in [0.05, 0.1) is 10.2 Å². The van der Waals surface area contributed by atoms with Gasteiger partial charge in [0.25, 0.3) is 5.91 Å². The van der Waals surface area contributed by atoms with Gasteiger partial charge in [-0.05, 0) is 59.1 Å². The standard InChI is InChI=1S/C15H12BrN3OS/c1-8-5-9(2)13-11(6-8)21-15(18-13)19-14(20)10-3-4-17-12(16)7-10/h3-7H,1-2H3,(H,18,19,20). The lowest BCUT2D eigenvalue weighted by Crippen LogP contribution is -2.11. The van der Waals surface area contributed by atoms with E-state index in [2.05, 4.69) is 50.3 Å². The maximum atomic E-state index is 12.2. The molecule has 1 N–H and O–H groups in total. The van der Waals surface area contributed by atoms with Gasteiger partial charge in [-0.2, -0.15) is 0 Å². The van der Waals surface area contributed by atoms with Crippen LogP contribution in [-0.2, 0) is 0 Å². The first-order chi connectivity index (χ1) is 10.0. The van der Waals surface area contributed by atoms with Gasteiger partial charge in [0.15, 0.2) is 5.13 Å². The molecule has 0 fully saturated rings. The van der Waals surface area contributed by atoms with Gasteiger partial charge in [-0.15, -0.1) is 0 Å². The Morgan fingerprint density at radius 1 is 1.29 bits per heavy atom. The van der Waals surface area contributed by atoms with Crippen LogP contribution in [0.4, 0.5) is 5.13 Å². The van der Waals surface area contributed by atoms with Crippen LogP contribution in [-0.4, -0.2) is 15.9 Å². The monoisotopic (exact) mass is 361 g/mol. The van der Waals surface area contributed by atoms with Crippen molar-refractivity contribution < 1.29 is 4.79 Å². The second-order valence-corrected chi connectivity index (χ2v) is 6.61. The molecule has 0 saturated carbocycles. The summed E-state index contributed by atoms with van der Waals surface area (Å²) in [5.74, 6) is -0.188. The van der Waals surface area contributed by atoms with E-state index in [0.29, 0.717) is 15.3 Å². The Bertz CT molecular complexity index is 844. The van der Waals surface area contributed by atoms with Gasteiger partial charge >= 0.3 is 0 Å². The fourth-order valence-corrected chi connectivity index (χ4v) is 3.54. The summed E-state index contributed by atoms with van der Waals surface area (Å²) in [5.41, 5.74) is 3.80. The van der Waals surface area contributed by atoms with Crippen LogP contribution in [0.5, 0.6) is 0 Å². The van der Waals surface area contributed by atoms with Crippen LogP contribution in [0.2, 0.25) is 0 Å². The van der Waals surface area contributed by atoms with Crippen LogP contribution in [0.3, 0.4) is 0 Å². The fourth-order valence-electron chi connectivity index (χ4n) is 2.14. The maximum absolute atomic E-state index is 12.2. The number of thiazole rings is 1. The van der Waals surface area contributed by atoms with Crippen LogP contribution in [0.15, 0.2) is 35.1 Å². The van der Waals surface area contributed by atoms with Gasteiger partial charge in [-0.3, -0.25) is 10.1 Å². The molecule has 6 heteroatoms. The van der Waals surface area contributed by atoms with Crippen molar-refractivity contribution in [1.82, 2.24) is 9.97 Å². The highest BCUT2D eigenvalue weighted by Crippen LogP contribution is 2.29. The largest absolute Gasteiger partial charge is 0.298 e. The number of amides is 1. The molecule has 21 heavy (non-hydrogen) atoms. The number of rotatable bonds is 2. The molecule has 2 heterocycles. The maximum Gasteiger partial charge on any atom is 0.257 e. The Morgan fingerprint density at radius 3 is 2.86 bits per heavy atom. The van der Waals surface area contributed by atoms with Gasteiger partial charge < -0.3 is 0 Å². The molecule has 0 saturated heterocycles. The molecule has 0 unspecified atom stereocenters. The fraction of sp³-hybridized carbons (Fsp3) is 0.133. The van der Waals surface area contributed by atoms with Crippen LogP contribution in [0, 0.1) is 13.8 Å². The molecule has 0 aliphatic carbocycles. The minimum atomic E-state index is -0.188. The first-order valence-corrected chi connectivity index (χ1v) is 7.94. The molecule has 3 aromatic rings. The number of anilines is 1. The third-order valence-corrected chi connectivity index (χ3v) is 4.39. The van der Waals surface area contributed by atoms with Gasteiger partial charge in [-0.1, -0.05) is 17.4 Å². The normalized spacial score (nSPS) is 10.8. The van der Waals surface area contributed by atoms with E-state index < -0.39 is 0 Å². The molecular weight excluding hydrogens is 350 g/mol. The molecule has 1 aromatic carbocycles. The molecule has 0 atom stereocenters. The van der Waals surface area contributed by atoms with Crippen molar-refractivity contribution in [1.29, 1.82) is 0 Å². The summed E-state index contributed by atoms with van der Waals surface area (Å²) >= 11 is 4.74. The Labute approximate surface area is 134 Å². The number of aromatic nitrogens is 2. The zero-order valence-electron chi connectivity index (χ0n) is 11.5. The molecule has 1 amide bonds. The van der Waals surface area contributed by atoms with Gasteiger partial charge in [-0.25, -0.2) is 9.97 Å². The van der Waals surface area contributed by atoms with Crippen molar-refractivity contribution >= 4 is 48.5 Å². The molecule has 0 aliphatic heterocycles. The number of nitrogens with zero attached hydrogens (tertiary/aromatic N) is 2. The molecule has 0 bridgehead atoms. The predicted octanol–water partition coefficient (Wildman–Crippen LogP) is 4.32. The summed E-state index contributed by atoms with van der Waals surface area (Å²) in [6, 6.07) is 7.52. The summed E-state index contributed by atoms with van der Waals surface area (Å²) in [6.45, 7) is 4.08. The van der Waals surface area contributed by atoms with Gasteiger partial charge in [0.2, 0.25) is 0 Å². The second-order valence-electron chi connectivity index (χ2n) is 4.77. The van der Waals surface area contributed by atoms with Crippen molar-refractivity contribution in [2.45, 2.75) is 13.8 Å². The van der Waals surface area contributed by atoms with Crippen LogP contribution >= 0.6 is 27.3 Å². The predicted molar refractivity (Wildman–Crippen MR) is 89.0 cm³/mol. The SMILES string of the molecule is Cc1cc(C)c2nc(NC(=O)c3ccnc(Br)c3)sc2c1. The molecule has 0 spiro atoms. The number of pyridine rings is 1. The minimum Gasteiger partial charge on any atom is -0.298 e. The first kappa shape index (κ1) is 14.2. The summed E-state index contributed by atoms with van der Waals surface area (Å²) in [6.07, 6.45) is 1.59. The van der Waals surface area contributed by atoms with E-state index in [1.165, 1.54) is 16.9 Å². The number of carbonyl (C=O) groups excluding carboxylic acids is 1. The number of benzene rings is 1. The number of fused-ring (bicyclic) bond motifs is 1. The van der Waals surface area contributed by atoms with Crippen molar-refractivity contribution in [3.63, 3.8) is 0 Å². The summed E-state index contributed by atoms with van der Waals surface area (Å²) < 4.78 is 1.71. The number of aryl methyl sites for hydroxylation is 2. The second kappa shape index (κ2) is 5.54. The molecule has 106 valence electrons. The smallest absolute Gasteiger partial charge is 0.257 e. The Kier molecular flexibility index (Phi) is 3.73. The highest BCUT2D eigenvalue weighted by Gasteiger charge is 2.11. The molecule has 4 nitrogen and oxygen atoms in total. The average Bonchev–Trinajstić information content (AvgIpc) is 2.81. The average molecular weight is 362 g/mol. The Balaban J connectivity index is 1.91. The van der Waals surface area contributed by atoms with E-state index in [1.807, 2.05) is 6.92 Å². The Morgan fingerprint density at radius 2 is 2.10 bits per heavy atom. The minimum absolute atomic E-state index is 0.188. The van der Waals surface area contributed by atoms with Crippen molar-refractivity contribution in [3.8, 4) is 0 Å². The van der Waals surface area contributed by atoms with Crippen molar-refractivity contribution in [3.05, 3.63) is 51.8 Å². The summed E-state index contributed by atoms with van der Waals surface area (Å²) in [4.78, 5) is 20.7. The topological polar surface area (TPSA) is 54.9 Å². The first-order valence-electron chi connectivity index (χ1n) is 6.33. The lowest BCUT2D eigenvalue weighted by Gasteiger charge is -2.01. The molecular formula is C15H12BrN3OS. The molecule has 2 aromatic heterocycles. The van der Waals surface area contributed by atoms with Crippen LogP contribution < -0.4 is 5.32 Å². The van der Waals surface area contributed by atoms with Crippen LogP contribution in [0.1, 0.15) is 21.5 Å². The zero-order chi connectivity index (χ0) is 15.0. The number of hydrogen-bond donors (Lipinski definition) is 1. The summed E-state index contributed by atoms with van der Waals surface area (Å²) in [7, 11) is 0. The molecule has 0 radical (unpaired) electrons. The number of halogens is 1. The molecule has 3 rings (SSSR count). The van der Waals surface area contributed by atoms with E-state index in [9.17, 15) is 4.79 Å². The van der Waals surface area contributed by atoms with Crippen molar-refractivity contribution in [2.75, 3.05) is 5.32 Å². The highest BCUT2D eigenvalue weighted by molar-refractivity contribution is 9.10. The lowest BCUT2D eigenvalue weighted by molar-refractivity contribution is 0.102. The van der Waals surface area contributed by atoms with Gasteiger partial charge in [0, 0.05) is 11.8 Å². The van der Waals surface area contributed by atoms with E-state index in [4.69, 9.17) is 0 Å². The third-order valence-electron chi connectivity index (χ3n) is 3.04. The van der Waals surface area contributed by atoms with E-state index in [-0.39, 0.29) is 5.91 Å². The highest BCUT2D eigenvalue weighted by atomic mass is 79.9. The third kappa shape index (κ3) is 2.96.